The number of carboxylic acids is 1. The van der Waals surface area contributed by atoms with E-state index in [0.717, 1.165) is 44.3 Å². The molecule has 0 aromatic heterocycles. The van der Waals surface area contributed by atoms with Crippen LogP contribution in [0.4, 0.5) is 4.79 Å². The first kappa shape index (κ1) is 53.6. The molecule has 1 saturated carbocycles. The number of hydrogen-bond donors (Lipinski definition) is 12. The van der Waals surface area contributed by atoms with E-state index in [1.165, 1.54) is 0 Å². The summed E-state index contributed by atoms with van der Waals surface area (Å²) in [6.45, 7) is -0.892. The Hall–Kier alpha value is -5.97. The predicted octanol–water partition coefficient (Wildman–Crippen LogP) is -0.630. The highest BCUT2D eigenvalue weighted by atomic mass is 32.2. The first-order valence-corrected chi connectivity index (χ1v) is 24.0. The van der Waals surface area contributed by atoms with Crippen LogP contribution in [0.25, 0.3) is 0 Å². The number of aliphatic carboxylic acids is 1. The first-order valence-electron chi connectivity index (χ1n) is 23.0. The lowest BCUT2D eigenvalue weighted by molar-refractivity contribution is -0.138. The van der Waals surface area contributed by atoms with Crippen molar-refractivity contribution in [3.05, 3.63) is 35.9 Å². The van der Waals surface area contributed by atoms with Crippen LogP contribution in [0.5, 0.6) is 0 Å². The molecule has 370 valence electrons. The van der Waals surface area contributed by atoms with Gasteiger partial charge in [-0.25, -0.2) is 10.3 Å². The fraction of sp³-hybridized carbons (Fsp3) is 0.636. The van der Waals surface area contributed by atoms with Gasteiger partial charge >= 0.3 is 12.0 Å². The first-order chi connectivity index (χ1) is 32.1. The number of benzene rings is 1. The molecule has 1 aromatic carbocycles. The zero-order chi connectivity index (χ0) is 48.7. The van der Waals surface area contributed by atoms with Crippen molar-refractivity contribution in [1.29, 1.82) is 0 Å². The summed E-state index contributed by atoms with van der Waals surface area (Å²) in [6.07, 6.45) is 6.74. The van der Waals surface area contributed by atoms with Gasteiger partial charge in [0.2, 0.25) is 47.3 Å². The lowest BCUT2D eigenvalue weighted by Crippen LogP contribution is -2.56. The number of carboxylic acid groups (broad SMARTS) is 1. The van der Waals surface area contributed by atoms with Gasteiger partial charge < -0.3 is 53.4 Å². The Kier molecular flexibility index (Phi) is 22.6. The molecule has 3 fully saturated rings. The van der Waals surface area contributed by atoms with Gasteiger partial charge in [-0.1, -0.05) is 62.4 Å². The van der Waals surface area contributed by atoms with E-state index >= 15 is 0 Å². The molecule has 0 spiro atoms. The van der Waals surface area contributed by atoms with Gasteiger partial charge in [-0.15, -0.1) is 0 Å². The van der Waals surface area contributed by atoms with E-state index in [1.54, 1.807) is 35.8 Å². The van der Waals surface area contributed by atoms with Crippen LogP contribution in [-0.4, -0.2) is 130 Å². The summed E-state index contributed by atoms with van der Waals surface area (Å²) in [5.41, 5.74) is 7.69. The Morgan fingerprint density at radius 3 is 2.15 bits per heavy atom. The van der Waals surface area contributed by atoms with Gasteiger partial charge in [0.25, 0.3) is 0 Å². The number of nitrogens with two attached hydrogens (primary N) is 1. The second-order valence-corrected chi connectivity index (χ2v) is 18.6. The van der Waals surface area contributed by atoms with E-state index in [4.69, 9.17) is 5.73 Å². The number of primary amides is 1. The van der Waals surface area contributed by atoms with Crippen molar-refractivity contribution in [3.8, 4) is 0 Å². The third kappa shape index (κ3) is 19.4. The fourth-order valence-electron chi connectivity index (χ4n) is 8.49. The number of hydroxylamine groups is 1. The minimum absolute atomic E-state index is 0.0297. The molecule has 0 radical (unpaired) electrons. The molecule has 2 heterocycles. The number of rotatable bonds is 30. The van der Waals surface area contributed by atoms with Crippen LogP contribution in [0.1, 0.15) is 102 Å². The van der Waals surface area contributed by atoms with E-state index in [9.17, 15) is 58.3 Å². The van der Waals surface area contributed by atoms with Gasteiger partial charge in [-0.05, 0) is 56.4 Å². The Morgan fingerprint density at radius 1 is 0.731 bits per heavy atom. The zero-order valence-electron chi connectivity index (χ0n) is 37.6. The van der Waals surface area contributed by atoms with Crippen LogP contribution >= 0.6 is 11.8 Å². The van der Waals surface area contributed by atoms with Gasteiger partial charge in [0.1, 0.15) is 18.1 Å². The SMILES string of the molecule is NC(=O)[C@H](CCCCNC(=O)CCCC[C@@H]1SC[C@@H]2NC(=O)N[C@@H]21)NC(=O)CNC(=O)CNC(=O)[C@H](CCC(=O)O)NC(=O)[C@H](Cc1ccccc1)NC(=O)C(CC(=O)NO)CC1CCCC1. The van der Waals surface area contributed by atoms with E-state index < -0.39 is 90.9 Å². The van der Waals surface area contributed by atoms with Gasteiger partial charge in [0, 0.05) is 49.1 Å². The summed E-state index contributed by atoms with van der Waals surface area (Å²) in [5, 5.41) is 39.9. The lowest BCUT2D eigenvalue weighted by Gasteiger charge is -2.26. The summed E-state index contributed by atoms with van der Waals surface area (Å²) in [6, 6.07) is 5.02. The largest absolute Gasteiger partial charge is 0.481 e. The molecule has 23 heteroatoms. The average molecular weight is 959 g/mol. The highest BCUT2D eigenvalue weighted by molar-refractivity contribution is 8.00. The summed E-state index contributed by atoms with van der Waals surface area (Å²) in [7, 11) is 0. The number of unbranched alkanes of at least 4 members (excludes halogenated alkanes) is 2. The summed E-state index contributed by atoms with van der Waals surface area (Å²) < 4.78 is 0. The van der Waals surface area contributed by atoms with E-state index in [-0.39, 0.29) is 55.6 Å². The van der Waals surface area contributed by atoms with E-state index in [1.807, 2.05) is 11.8 Å². The maximum Gasteiger partial charge on any atom is 0.315 e. The highest BCUT2D eigenvalue weighted by Crippen LogP contribution is 2.33. The van der Waals surface area contributed by atoms with Crippen molar-refractivity contribution < 1.29 is 58.3 Å². The number of carbonyl (C=O) groups excluding carboxylic acids is 9. The molecule has 3 aliphatic rings. The van der Waals surface area contributed by atoms with Crippen molar-refractivity contribution in [2.24, 2.45) is 17.6 Å². The third-order valence-corrected chi connectivity index (χ3v) is 13.6. The molecule has 0 bridgehead atoms. The van der Waals surface area contributed by atoms with Crippen molar-refractivity contribution in [1.82, 2.24) is 48.0 Å². The molecule has 7 atom stereocenters. The number of carbonyl (C=O) groups is 10. The minimum atomic E-state index is -1.47. The van der Waals surface area contributed by atoms with Crippen LogP contribution < -0.4 is 53.7 Å². The standard InChI is InChI=1S/C44H66N10O12S/c45-40(61)29(14-8-9-19-46-34(55)16-7-6-15-33-39-32(25-67-33)52-44(65)53-39)49-37(58)24-47-36(57)23-48-42(63)30(17-18-38(59)60)50-43(64)31(21-27-10-2-1-3-11-27)51-41(62)28(22-35(56)54-66)20-26-12-4-5-13-26/h1-3,10-11,26,28-33,39,66H,4-9,12-25H2,(H2,45,61)(H,46,55)(H,47,57)(H,48,63)(H,49,58)(H,50,64)(H,51,62)(H,54,56)(H,59,60)(H2,52,53,65)/t28?,29-,30-,31-,32-,33-,39-/m0/s1. The van der Waals surface area contributed by atoms with Crippen LogP contribution in [0.2, 0.25) is 0 Å². The van der Waals surface area contributed by atoms with Crippen LogP contribution in [-0.2, 0) is 49.6 Å². The average Bonchev–Trinajstić information content (AvgIpc) is 4.05. The normalized spacial score (nSPS) is 19.2. The molecule has 1 aliphatic carbocycles. The number of urea groups is 1. The number of nitrogens with one attached hydrogen (secondary N) is 9. The van der Waals surface area contributed by atoms with Crippen LogP contribution in [0, 0.1) is 11.8 Å². The van der Waals surface area contributed by atoms with Gasteiger partial charge in [0.15, 0.2) is 0 Å². The van der Waals surface area contributed by atoms with Crippen molar-refractivity contribution in [2.45, 2.75) is 138 Å². The van der Waals surface area contributed by atoms with Gasteiger partial charge in [0.05, 0.1) is 25.2 Å². The minimum Gasteiger partial charge on any atom is -0.481 e. The van der Waals surface area contributed by atoms with Crippen LogP contribution in [0.15, 0.2) is 30.3 Å². The Bertz CT molecular complexity index is 1890. The molecule has 1 unspecified atom stereocenters. The van der Waals surface area contributed by atoms with Gasteiger partial charge in [-0.2, -0.15) is 11.8 Å². The number of amides is 10. The Labute approximate surface area is 393 Å². The zero-order valence-corrected chi connectivity index (χ0v) is 38.4. The molecular formula is C44H66N10O12S. The van der Waals surface area contributed by atoms with E-state index in [0.29, 0.717) is 49.5 Å². The predicted molar refractivity (Wildman–Crippen MR) is 243 cm³/mol. The molecule has 2 aliphatic heterocycles. The Balaban J connectivity index is 1.19. The molecule has 4 rings (SSSR count). The molecule has 2 saturated heterocycles. The second-order valence-electron chi connectivity index (χ2n) is 17.3. The molecule has 22 nitrogen and oxygen atoms in total. The second kappa shape index (κ2) is 28.3. The topological polar surface area (TPSA) is 345 Å². The number of thioether (sulfide) groups is 1. The van der Waals surface area contributed by atoms with Gasteiger partial charge in [-0.3, -0.25) is 48.4 Å². The molecule has 10 amide bonds. The number of hydrogen-bond acceptors (Lipinski definition) is 12. The van der Waals surface area contributed by atoms with Crippen molar-refractivity contribution in [3.63, 3.8) is 0 Å². The smallest absolute Gasteiger partial charge is 0.315 e. The van der Waals surface area contributed by atoms with Crippen molar-refractivity contribution in [2.75, 3.05) is 25.4 Å². The molecule has 67 heavy (non-hydrogen) atoms. The summed E-state index contributed by atoms with van der Waals surface area (Å²) in [5.74, 6) is -6.67. The Morgan fingerprint density at radius 2 is 1.45 bits per heavy atom. The van der Waals surface area contributed by atoms with Crippen molar-refractivity contribution >= 4 is 71.0 Å². The van der Waals surface area contributed by atoms with Crippen LogP contribution in [0.3, 0.4) is 0 Å². The summed E-state index contributed by atoms with van der Waals surface area (Å²) in [4.78, 5) is 126. The molecule has 1 aromatic rings. The number of fused-ring (bicyclic) bond motifs is 1. The fourth-order valence-corrected chi connectivity index (χ4v) is 10.0. The highest BCUT2D eigenvalue weighted by Gasteiger charge is 2.42. The monoisotopic (exact) mass is 958 g/mol. The molecular weight excluding hydrogens is 893 g/mol. The molecule has 13 N–H and O–H groups in total. The lowest BCUT2D eigenvalue weighted by atomic mass is 9.89. The third-order valence-electron chi connectivity index (χ3n) is 12.1. The summed E-state index contributed by atoms with van der Waals surface area (Å²) >= 11 is 1.83. The maximum absolute atomic E-state index is 13.8. The quantitative estimate of drug-likeness (QED) is 0.0198. The maximum atomic E-state index is 13.8. The van der Waals surface area contributed by atoms with E-state index in [2.05, 4.69) is 42.5 Å².